The molecule has 2 unspecified atom stereocenters. The number of nitrogens with one attached hydrogen (secondary N) is 1. The van der Waals surface area contributed by atoms with Crippen LogP contribution in [0.2, 0.25) is 0 Å². The van der Waals surface area contributed by atoms with Crippen LogP contribution < -0.4 is 4.72 Å². The zero-order valence-electron chi connectivity index (χ0n) is 16.1. The van der Waals surface area contributed by atoms with Crippen molar-refractivity contribution in [3.8, 4) is 0 Å². The second-order valence-corrected chi connectivity index (χ2v) is 11.4. The largest absolute Gasteiger partial charge is 0.417 e. The third-order valence-corrected chi connectivity index (χ3v) is 9.02. The molecule has 1 fully saturated rings. The van der Waals surface area contributed by atoms with E-state index in [0.29, 0.717) is 29.2 Å². The highest BCUT2D eigenvalue weighted by atomic mass is 32.2. The number of rotatable bonds is 5. The molecule has 1 aromatic heterocycles. The zero-order chi connectivity index (χ0) is 22.2. The first-order valence-electron chi connectivity index (χ1n) is 9.47. The van der Waals surface area contributed by atoms with Crippen LogP contribution >= 0.6 is 0 Å². The second kappa shape index (κ2) is 8.97. The highest BCUT2D eigenvalue weighted by Gasteiger charge is 2.36. The third kappa shape index (κ3) is 4.69. The van der Waals surface area contributed by atoms with Gasteiger partial charge in [-0.2, -0.15) is 13.2 Å². The van der Waals surface area contributed by atoms with E-state index < -0.39 is 44.5 Å². The summed E-state index contributed by atoms with van der Waals surface area (Å²) in [6.07, 6.45) is -2.34. The number of benzene rings is 2. The maximum absolute atomic E-state index is 13.8. The monoisotopic (exact) mass is 488 g/mol. The Bertz CT molecular complexity index is 1170. The first-order chi connectivity index (χ1) is 14.8. The quantitative estimate of drug-likeness (QED) is 0.595. The molecular weight excluding hydrogens is 469 g/mol. The van der Waals surface area contributed by atoms with Crippen LogP contribution in [0.25, 0.3) is 10.9 Å². The van der Waals surface area contributed by atoms with Crippen molar-refractivity contribution in [3.63, 3.8) is 0 Å². The summed E-state index contributed by atoms with van der Waals surface area (Å²) in [6.45, 7) is 0. The summed E-state index contributed by atoms with van der Waals surface area (Å²) in [5.41, 5.74) is -0.837. The Labute approximate surface area is 184 Å². The Morgan fingerprint density at radius 2 is 1.68 bits per heavy atom. The molecule has 1 N–H and O–H groups in total. The van der Waals surface area contributed by atoms with Crippen LogP contribution in [0.4, 0.5) is 13.2 Å². The van der Waals surface area contributed by atoms with E-state index in [1.54, 1.807) is 30.3 Å². The Hall–Kier alpha value is -1.82. The number of halogens is 3. The Morgan fingerprint density at radius 3 is 2.32 bits per heavy atom. The van der Waals surface area contributed by atoms with Gasteiger partial charge in [0.05, 0.1) is 20.9 Å². The van der Waals surface area contributed by atoms with Crippen LogP contribution in [-0.4, -0.2) is 34.1 Å². The fraction of sp³-hybridized carbons (Fsp3) is 0.300. The zero-order valence-corrected chi connectivity index (χ0v) is 18.6. The van der Waals surface area contributed by atoms with Crippen molar-refractivity contribution in [2.45, 2.75) is 34.9 Å². The predicted molar refractivity (Wildman–Crippen MR) is 116 cm³/mol. The molecule has 1 aliphatic rings. The maximum Gasteiger partial charge on any atom is 0.417 e. The molecule has 5 nitrogen and oxygen atoms in total. The van der Waals surface area contributed by atoms with E-state index in [0.717, 1.165) is 6.07 Å². The minimum absolute atomic E-state index is 0.0705. The lowest BCUT2D eigenvalue weighted by Crippen LogP contribution is -2.36. The summed E-state index contributed by atoms with van der Waals surface area (Å²) in [5, 5.41) is -0.232. The van der Waals surface area contributed by atoms with Crippen molar-refractivity contribution in [3.05, 3.63) is 60.3 Å². The first-order valence-corrected chi connectivity index (χ1v) is 13.2. The van der Waals surface area contributed by atoms with Crippen molar-refractivity contribution < 1.29 is 25.8 Å². The van der Waals surface area contributed by atoms with Crippen LogP contribution in [0.3, 0.4) is 0 Å². The molecule has 0 aliphatic carbocycles. The van der Waals surface area contributed by atoms with E-state index in [1.807, 2.05) is 0 Å². The summed E-state index contributed by atoms with van der Waals surface area (Å²) < 4.78 is 83.2. The SMILES string of the molecule is O=S1CCC(NS(=O)c2cn(S(=O)c3ccccc3)c3cccc(C(F)(F)F)c23)CC1. The third-order valence-electron chi connectivity index (χ3n) is 5.05. The predicted octanol–water partition coefficient (Wildman–Crippen LogP) is 3.75. The molecule has 0 spiro atoms. The first kappa shape index (κ1) is 22.4. The summed E-state index contributed by atoms with van der Waals surface area (Å²) in [7, 11) is -4.70. The number of aromatic nitrogens is 1. The van der Waals surface area contributed by atoms with E-state index in [9.17, 15) is 25.8 Å². The highest BCUT2D eigenvalue weighted by molar-refractivity contribution is 7.85. The van der Waals surface area contributed by atoms with E-state index in [4.69, 9.17) is 0 Å². The summed E-state index contributed by atoms with van der Waals surface area (Å²) >= 11 is 0. The molecule has 2 aromatic carbocycles. The Morgan fingerprint density at radius 1 is 1.00 bits per heavy atom. The molecule has 166 valence electrons. The number of nitrogens with zero attached hydrogens (tertiary/aromatic N) is 1. The van der Waals surface area contributed by atoms with E-state index >= 15 is 0 Å². The second-order valence-electron chi connectivity index (χ2n) is 7.09. The molecule has 0 saturated carbocycles. The number of alkyl halides is 3. The van der Waals surface area contributed by atoms with Gasteiger partial charge in [0.1, 0.15) is 11.0 Å². The molecular formula is C20H19F3N2O3S3. The van der Waals surface area contributed by atoms with E-state index in [-0.39, 0.29) is 21.8 Å². The molecule has 31 heavy (non-hydrogen) atoms. The van der Waals surface area contributed by atoms with Crippen molar-refractivity contribution >= 4 is 43.7 Å². The lowest BCUT2D eigenvalue weighted by atomic mass is 10.1. The van der Waals surface area contributed by atoms with Gasteiger partial charge in [-0.3, -0.25) is 8.18 Å². The molecule has 1 aliphatic heterocycles. The average Bonchev–Trinajstić information content (AvgIpc) is 3.14. The topological polar surface area (TPSA) is 68.2 Å². The number of fused-ring (bicyclic) bond motifs is 1. The standard InChI is InChI=1S/C20H19F3N2O3S3/c21-20(22,23)16-7-4-8-17-19(16)18(30(27)24-14-9-11-29(26)12-10-14)13-25(17)31(28)15-5-2-1-3-6-15/h1-8,13-14,24H,9-12H2. The fourth-order valence-corrected chi connectivity index (χ4v) is 7.30. The van der Waals surface area contributed by atoms with Crippen LogP contribution in [0, 0.1) is 0 Å². The van der Waals surface area contributed by atoms with Gasteiger partial charge in [0.15, 0.2) is 11.0 Å². The molecule has 11 heteroatoms. The molecule has 1 saturated heterocycles. The van der Waals surface area contributed by atoms with Crippen LogP contribution in [0.1, 0.15) is 18.4 Å². The van der Waals surface area contributed by atoms with Crippen LogP contribution in [0.5, 0.6) is 0 Å². The van der Waals surface area contributed by atoms with Crippen molar-refractivity contribution in [2.75, 3.05) is 11.5 Å². The molecule has 0 bridgehead atoms. The summed E-state index contributed by atoms with van der Waals surface area (Å²) in [4.78, 5) is 0.343. The minimum atomic E-state index is -4.67. The van der Waals surface area contributed by atoms with Gasteiger partial charge < -0.3 is 0 Å². The van der Waals surface area contributed by atoms with Crippen LogP contribution in [-0.2, 0) is 38.9 Å². The molecule has 2 heterocycles. The van der Waals surface area contributed by atoms with E-state index in [1.165, 1.54) is 22.3 Å². The molecule has 4 rings (SSSR count). The molecule has 2 atom stereocenters. The normalized spacial score (nSPS) is 21.8. The van der Waals surface area contributed by atoms with Gasteiger partial charge in [-0.1, -0.05) is 24.3 Å². The molecule has 3 aromatic rings. The lowest BCUT2D eigenvalue weighted by Gasteiger charge is -2.21. The van der Waals surface area contributed by atoms with E-state index in [2.05, 4.69) is 4.72 Å². The molecule has 0 amide bonds. The number of hydrogen-bond acceptors (Lipinski definition) is 3. The average molecular weight is 489 g/mol. The summed E-state index contributed by atoms with van der Waals surface area (Å²) in [6, 6.07) is 11.8. The maximum atomic E-state index is 13.8. The minimum Gasteiger partial charge on any atom is -0.261 e. The fourth-order valence-electron chi connectivity index (χ4n) is 3.51. The van der Waals surface area contributed by atoms with Gasteiger partial charge in [0, 0.05) is 39.9 Å². The van der Waals surface area contributed by atoms with Gasteiger partial charge in [-0.25, -0.2) is 13.1 Å². The van der Waals surface area contributed by atoms with Crippen LogP contribution in [0.15, 0.2) is 64.5 Å². The Balaban J connectivity index is 1.81. The highest BCUT2D eigenvalue weighted by Crippen LogP contribution is 2.38. The van der Waals surface area contributed by atoms with Gasteiger partial charge >= 0.3 is 6.18 Å². The van der Waals surface area contributed by atoms with Crippen molar-refractivity contribution in [1.82, 2.24) is 8.69 Å². The van der Waals surface area contributed by atoms with Gasteiger partial charge in [-0.05, 0) is 37.1 Å². The Kier molecular flexibility index (Phi) is 6.47. The number of hydrogen-bond donors (Lipinski definition) is 1. The van der Waals surface area contributed by atoms with Crippen molar-refractivity contribution in [1.29, 1.82) is 0 Å². The van der Waals surface area contributed by atoms with Gasteiger partial charge in [-0.15, -0.1) is 0 Å². The smallest absolute Gasteiger partial charge is 0.261 e. The summed E-state index contributed by atoms with van der Waals surface area (Å²) in [5.74, 6) is 0.922. The van der Waals surface area contributed by atoms with Gasteiger partial charge in [0.2, 0.25) is 0 Å². The van der Waals surface area contributed by atoms with Crippen molar-refractivity contribution in [2.24, 2.45) is 0 Å². The molecule has 0 radical (unpaired) electrons. The lowest BCUT2D eigenvalue weighted by molar-refractivity contribution is -0.136. The van der Waals surface area contributed by atoms with Gasteiger partial charge in [0.25, 0.3) is 0 Å².